The van der Waals surface area contributed by atoms with E-state index in [1.807, 2.05) is 6.07 Å². The van der Waals surface area contributed by atoms with Crippen molar-refractivity contribution in [2.24, 2.45) is 0 Å². The number of aromatic nitrogens is 1. The van der Waals surface area contributed by atoms with E-state index in [1.54, 1.807) is 90.1 Å². The van der Waals surface area contributed by atoms with E-state index >= 15 is 0 Å². The number of hydrogen-bond acceptors (Lipinski definition) is 10. The van der Waals surface area contributed by atoms with Gasteiger partial charge in [0.15, 0.2) is 11.9 Å². The van der Waals surface area contributed by atoms with Gasteiger partial charge >= 0.3 is 18.2 Å². The number of aliphatic carboxylic acids is 1. The van der Waals surface area contributed by atoms with Gasteiger partial charge in [0.1, 0.15) is 11.2 Å². The fraction of sp³-hybridized carbons (Fsp3) is 0.306. The molecule has 0 saturated carbocycles. The Morgan fingerprint density at radius 3 is 2.14 bits per heavy atom. The summed E-state index contributed by atoms with van der Waals surface area (Å²) in [7, 11) is -3.82. The number of carboxylic acid groups (broad SMARTS) is 1. The maximum atomic E-state index is 13.2. The third-order valence-corrected chi connectivity index (χ3v) is 8.42. The number of pyridine rings is 1. The van der Waals surface area contributed by atoms with Crippen LogP contribution in [-0.2, 0) is 30.7 Å². The van der Waals surface area contributed by atoms with Crippen LogP contribution in [0.1, 0.15) is 64.3 Å². The smallest absolute Gasteiger partial charge is 0.425 e. The molecular weight excluding hydrogens is 662 g/mol. The number of ether oxygens (including phenoxy) is 2. The second-order valence-corrected chi connectivity index (χ2v) is 15.1. The SMILES string of the molecule is CC(C)(C)OC(=O)N(C(=O)OC(C)(C)C)c1nccc2cc(NC(C(=O)O)c3ccc(CCNS(=O)(=O)c4cccc(C#N)c4)cc3)ccc12. The zero-order chi connectivity index (χ0) is 36.9. The van der Waals surface area contributed by atoms with Crippen molar-refractivity contribution in [1.82, 2.24) is 9.71 Å². The molecule has 0 saturated heterocycles. The van der Waals surface area contributed by atoms with Gasteiger partial charge in [0.25, 0.3) is 0 Å². The molecule has 0 aliphatic rings. The van der Waals surface area contributed by atoms with E-state index in [-0.39, 0.29) is 22.8 Å². The highest BCUT2D eigenvalue weighted by Crippen LogP contribution is 2.31. The lowest BCUT2D eigenvalue weighted by Gasteiger charge is -2.28. The molecule has 50 heavy (non-hydrogen) atoms. The van der Waals surface area contributed by atoms with E-state index in [0.717, 1.165) is 10.5 Å². The Bertz CT molecular complexity index is 2020. The number of imide groups is 1. The van der Waals surface area contributed by atoms with Crippen LogP contribution < -0.4 is 14.9 Å². The number of rotatable bonds is 10. The lowest BCUT2D eigenvalue weighted by molar-refractivity contribution is -0.138. The maximum Gasteiger partial charge on any atom is 0.425 e. The summed E-state index contributed by atoms with van der Waals surface area (Å²) in [5, 5.41) is 23.1. The molecule has 262 valence electrons. The number of nitrogens with zero attached hydrogens (tertiary/aromatic N) is 3. The van der Waals surface area contributed by atoms with Crippen molar-refractivity contribution in [3.63, 3.8) is 0 Å². The highest BCUT2D eigenvalue weighted by Gasteiger charge is 2.34. The average molecular weight is 702 g/mol. The molecule has 2 amide bonds. The molecule has 0 radical (unpaired) electrons. The van der Waals surface area contributed by atoms with E-state index in [2.05, 4.69) is 15.0 Å². The third kappa shape index (κ3) is 9.77. The Morgan fingerprint density at radius 1 is 0.920 bits per heavy atom. The molecule has 13 nitrogen and oxygen atoms in total. The summed E-state index contributed by atoms with van der Waals surface area (Å²) < 4.78 is 38.8. The molecule has 1 aromatic heterocycles. The van der Waals surface area contributed by atoms with Gasteiger partial charge in [-0.05, 0) is 107 Å². The van der Waals surface area contributed by atoms with Gasteiger partial charge in [0, 0.05) is 23.8 Å². The summed E-state index contributed by atoms with van der Waals surface area (Å²) in [5.41, 5.74) is 0.0869. The van der Waals surface area contributed by atoms with E-state index in [9.17, 15) is 27.9 Å². The minimum atomic E-state index is -3.82. The standard InChI is InChI=1S/C36H39N5O8S/c1-35(2,3)48-33(44)41(34(45)49-36(4,5)6)31-29-15-14-27(21-26(29)17-18-38-31)40-30(32(42)43)25-12-10-23(11-13-25)16-19-39-50(46,47)28-9-7-8-24(20-28)22-37/h7-15,17-18,20-21,30,39-40H,16,19H2,1-6H3,(H,42,43). The van der Waals surface area contributed by atoms with E-state index in [1.165, 1.54) is 30.5 Å². The van der Waals surface area contributed by atoms with Crippen LogP contribution in [0, 0.1) is 11.3 Å². The molecule has 0 spiro atoms. The number of fused-ring (bicyclic) bond motifs is 1. The highest BCUT2D eigenvalue weighted by molar-refractivity contribution is 7.89. The molecule has 1 heterocycles. The summed E-state index contributed by atoms with van der Waals surface area (Å²) in [6.45, 7) is 10.1. The van der Waals surface area contributed by atoms with Crippen LogP contribution in [-0.4, -0.2) is 54.4 Å². The first-order valence-electron chi connectivity index (χ1n) is 15.6. The van der Waals surface area contributed by atoms with Crippen molar-refractivity contribution in [2.75, 3.05) is 16.8 Å². The van der Waals surface area contributed by atoms with Gasteiger partial charge in [-0.2, -0.15) is 10.2 Å². The fourth-order valence-corrected chi connectivity index (χ4v) is 5.85. The van der Waals surface area contributed by atoms with Gasteiger partial charge in [-0.15, -0.1) is 0 Å². The Hall–Kier alpha value is -5.52. The minimum Gasteiger partial charge on any atom is -0.479 e. The summed E-state index contributed by atoms with van der Waals surface area (Å²) in [6, 6.07) is 19.8. The van der Waals surface area contributed by atoms with Crippen LogP contribution in [0.25, 0.3) is 10.8 Å². The van der Waals surface area contributed by atoms with Crippen LogP contribution in [0.3, 0.4) is 0 Å². The molecular formula is C36H39N5O8S. The molecule has 0 bridgehead atoms. The Morgan fingerprint density at radius 2 is 1.56 bits per heavy atom. The first kappa shape index (κ1) is 37.3. The number of anilines is 2. The first-order valence-corrected chi connectivity index (χ1v) is 17.1. The number of amides is 2. The first-order chi connectivity index (χ1) is 23.4. The maximum absolute atomic E-state index is 13.2. The number of carboxylic acids is 1. The number of sulfonamides is 1. The molecule has 3 aromatic carbocycles. The molecule has 4 aromatic rings. The lowest BCUT2D eigenvalue weighted by atomic mass is 10.0. The quantitative estimate of drug-likeness (QED) is 0.163. The van der Waals surface area contributed by atoms with Gasteiger partial charge in [0.2, 0.25) is 10.0 Å². The number of benzene rings is 3. The molecule has 4 rings (SSSR count). The molecule has 0 fully saturated rings. The van der Waals surface area contributed by atoms with Crippen molar-refractivity contribution in [3.05, 3.63) is 95.7 Å². The lowest BCUT2D eigenvalue weighted by Crippen LogP contribution is -2.44. The molecule has 1 atom stereocenters. The second kappa shape index (κ2) is 14.9. The van der Waals surface area contributed by atoms with Crippen LogP contribution in [0.15, 0.2) is 83.9 Å². The predicted octanol–water partition coefficient (Wildman–Crippen LogP) is 6.54. The summed E-state index contributed by atoms with van der Waals surface area (Å²) in [5.74, 6) is -1.15. The normalized spacial score (nSPS) is 12.4. The molecule has 14 heteroatoms. The topological polar surface area (TPSA) is 188 Å². The number of nitrogens with one attached hydrogen (secondary N) is 2. The molecule has 0 aliphatic carbocycles. The van der Waals surface area contributed by atoms with Gasteiger partial charge < -0.3 is 19.9 Å². The van der Waals surface area contributed by atoms with Gasteiger partial charge in [-0.1, -0.05) is 30.3 Å². The summed E-state index contributed by atoms with van der Waals surface area (Å²) in [6.07, 6.45) is -0.176. The Kier molecular flexibility index (Phi) is 11.1. The van der Waals surface area contributed by atoms with Crippen LogP contribution in [0.5, 0.6) is 0 Å². The van der Waals surface area contributed by atoms with Gasteiger partial charge in [-0.25, -0.2) is 32.5 Å². The zero-order valence-electron chi connectivity index (χ0n) is 28.6. The van der Waals surface area contributed by atoms with Crippen molar-refractivity contribution in [1.29, 1.82) is 5.26 Å². The molecule has 3 N–H and O–H groups in total. The van der Waals surface area contributed by atoms with Crippen LogP contribution in [0.2, 0.25) is 0 Å². The van der Waals surface area contributed by atoms with E-state index < -0.39 is 45.4 Å². The van der Waals surface area contributed by atoms with Crippen LogP contribution >= 0.6 is 0 Å². The fourth-order valence-electron chi connectivity index (χ4n) is 4.77. The summed E-state index contributed by atoms with van der Waals surface area (Å²) in [4.78, 5) is 43.8. The van der Waals surface area contributed by atoms with E-state index in [4.69, 9.17) is 14.7 Å². The number of carbonyl (C=O) groups excluding carboxylic acids is 2. The minimum absolute atomic E-state index is 0.00754. The van der Waals surface area contributed by atoms with Crippen molar-refractivity contribution in [2.45, 2.75) is 70.1 Å². The molecule has 0 aliphatic heterocycles. The second-order valence-electron chi connectivity index (χ2n) is 13.3. The average Bonchev–Trinajstić information content (AvgIpc) is 3.02. The summed E-state index contributed by atoms with van der Waals surface area (Å²) >= 11 is 0. The number of nitriles is 1. The predicted molar refractivity (Wildman–Crippen MR) is 187 cm³/mol. The number of carbonyl (C=O) groups is 3. The zero-order valence-corrected chi connectivity index (χ0v) is 29.4. The van der Waals surface area contributed by atoms with Crippen molar-refractivity contribution < 1.29 is 37.4 Å². The molecule has 1 unspecified atom stereocenters. The Labute approximate surface area is 290 Å². The highest BCUT2D eigenvalue weighted by atomic mass is 32.2. The number of hydrogen-bond donors (Lipinski definition) is 3. The van der Waals surface area contributed by atoms with Gasteiger partial charge in [-0.3, -0.25) is 0 Å². The van der Waals surface area contributed by atoms with Crippen molar-refractivity contribution >= 4 is 50.5 Å². The largest absolute Gasteiger partial charge is 0.479 e. The van der Waals surface area contributed by atoms with Crippen molar-refractivity contribution in [3.8, 4) is 6.07 Å². The van der Waals surface area contributed by atoms with Crippen LogP contribution in [0.4, 0.5) is 21.1 Å². The van der Waals surface area contributed by atoms with E-state index in [0.29, 0.717) is 28.4 Å². The monoisotopic (exact) mass is 701 g/mol. The van der Waals surface area contributed by atoms with Gasteiger partial charge in [0.05, 0.1) is 16.5 Å². The Balaban J connectivity index is 1.52. The third-order valence-electron chi connectivity index (χ3n) is 6.96.